The number of amides is 2. The summed E-state index contributed by atoms with van der Waals surface area (Å²) in [6, 6.07) is 11.8. The Balaban J connectivity index is 1.55. The summed E-state index contributed by atoms with van der Waals surface area (Å²) in [5, 5.41) is 10.8. The van der Waals surface area contributed by atoms with Gasteiger partial charge >= 0.3 is 0 Å². The van der Waals surface area contributed by atoms with Gasteiger partial charge in [0.1, 0.15) is 5.82 Å². The number of piperidine rings is 1. The first-order chi connectivity index (χ1) is 15.8. The molecule has 2 N–H and O–H groups in total. The second-order valence-electron chi connectivity index (χ2n) is 9.65. The molecule has 0 aliphatic carbocycles. The third-order valence-electron chi connectivity index (χ3n) is 5.90. The lowest BCUT2D eigenvalue weighted by Gasteiger charge is -2.30. The van der Waals surface area contributed by atoms with Crippen LogP contribution < -0.4 is 10.6 Å². The molecule has 1 aliphatic heterocycles. The second-order valence-corrected chi connectivity index (χ2v) is 9.65. The van der Waals surface area contributed by atoms with Crippen molar-refractivity contribution in [2.45, 2.75) is 45.4 Å². The molecule has 1 aliphatic rings. The Bertz CT molecular complexity index is 912. The van der Waals surface area contributed by atoms with E-state index in [2.05, 4.69) is 36.3 Å². The number of methoxy groups -OCH3 is 1. The second kappa shape index (κ2) is 11.4. The molecule has 0 radical (unpaired) electrons. The lowest BCUT2D eigenvalue weighted by atomic mass is 9.92. The fourth-order valence-electron chi connectivity index (χ4n) is 3.91. The Morgan fingerprint density at radius 3 is 2.48 bits per heavy atom. The van der Waals surface area contributed by atoms with E-state index in [0.717, 1.165) is 43.7 Å². The molecule has 180 valence electrons. The quantitative estimate of drug-likeness (QED) is 0.568. The highest BCUT2D eigenvalue weighted by atomic mass is 16.5. The molecule has 1 saturated heterocycles. The Morgan fingerprint density at radius 2 is 1.85 bits per heavy atom. The summed E-state index contributed by atoms with van der Waals surface area (Å²) in [6.45, 7) is 9.36. The van der Waals surface area contributed by atoms with E-state index in [1.165, 1.54) is 0 Å². The van der Waals surface area contributed by atoms with E-state index in [-0.39, 0.29) is 23.1 Å². The Morgan fingerprint density at radius 1 is 1.15 bits per heavy atom. The molecule has 0 saturated carbocycles. The Kier molecular flexibility index (Phi) is 8.63. The lowest BCUT2D eigenvalue weighted by Crippen LogP contribution is -2.43. The molecular formula is C25H37N5O3. The molecule has 33 heavy (non-hydrogen) atoms. The maximum absolute atomic E-state index is 12.9. The van der Waals surface area contributed by atoms with Gasteiger partial charge in [0.15, 0.2) is 0 Å². The molecule has 0 bridgehead atoms. The minimum atomic E-state index is -0.133. The molecule has 0 unspecified atom stereocenters. The molecule has 1 aromatic heterocycles. The summed E-state index contributed by atoms with van der Waals surface area (Å²) in [4.78, 5) is 27.3. The van der Waals surface area contributed by atoms with Crippen LogP contribution >= 0.6 is 0 Å². The molecule has 8 heteroatoms. The maximum Gasteiger partial charge on any atom is 0.239 e. The molecule has 2 heterocycles. The van der Waals surface area contributed by atoms with Crippen molar-refractivity contribution in [3.05, 3.63) is 42.1 Å². The highest BCUT2D eigenvalue weighted by molar-refractivity contribution is 5.91. The molecule has 2 aromatic rings. The standard InChI is InChI=1S/C25H37N5O3/c1-25(2,3)21-17-22(30(28-21)20-9-6-5-7-10-20)27-23(31)18-29-14-11-19(12-15-29)24(32)26-13-8-16-33-4/h5-7,9-10,17,19H,8,11-16,18H2,1-4H3,(H,26,32)(H,27,31). The van der Waals surface area contributed by atoms with Crippen molar-refractivity contribution in [3.8, 4) is 5.69 Å². The lowest BCUT2D eigenvalue weighted by molar-refractivity contribution is -0.126. The normalized spacial score (nSPS) is 15.4. The summed E-state index contributed by atoms with van der Waals surface area (Å²) in [7, 11) is 1.66. The Hall–Kier alpha value is -2.71. The van der Waals surface area contributed by atoms with Crippen molar-refractivity contribution in [1.82, 2.24) is 20.0 Å². The first kappa shape index (κ1) is 24.9. The van der Waals surface area contributed by atoms with Gasteiger partial charge in [-0.25, -0.2) is 4.68 Å². The largest absolute Gasteiger partial charge is 0.385 e. The van der Waals surface area contributed by atoms with E-state index < -0.39 is 0 Å². The predicted octanol–water partition coefficient (Wildman–Crippen LogP) is 2.97. The SMILES string of the molecule is COCCCNC(=O)C1CCN(CC(=O)Nc2cc(C(C)(C)C)nn2-c2ccccc2)CC1. The highest BCUT2D eigenvalue weighted by Gasteiger charge is 2.26. The fraction of sp³-hybridized carbons (Fsp3) is 0.560. The van der Waals surface area contributed by atoms with Gasteiger partial charge in [0.25, 0.3) is 0 Å². The van der Waals surface area contributed by atoms with Crippen LogP contribution in [-0.4, -0.2) is 66.4 Å². The number of ether oxygens (including phenoxy) is 1. The number of aromatic nitrogens is 2. The van der Waals surface area contributed by atoms with Crippen LogP contribution in [0.15, 0.2) is 36.4 Å². The van der Waals surface area contributed by atoms with Gasteiger partial charge in [-0.15, -0.1) is 0 Å². The van der Waals surface area contributed by atoms with E-state index in [1.807, 2.05) is 36.4 Å². The number of carbonyl (C=O) groups is 2. The minimum absolute atomic E-state index is 0.0145. The monoisotopic (exact) mass is 455 g/mol. The van der Waals surface area contributed by atoms with Gasteiger partial charge in [0, 0.05) is 37.7 Å². The van der Waals surface area contributed by atoms with E-state index >= 15 is 0 Å². The van der Waals surface area contributed by atoms with Crippen LogP contribution in [0, 0.1) is 5.92 Å². The fourth-order valence-corrected chi connectivity index (χ4v) is 3.91. The molecule has 0 atom stereocenters. The number of carbonyl (C=O) groups excluding carboxylic acids is 2. The smallest absolute Gasteiger partial charge is 0.239 e. The van der Waals surface area contributed by atoms with Gasteiger partial charge in [-0.05, 0) is 44.5 Å². The zero-order valence-electron chi connectivity index (χ0n) is 20.3. The molecule has 0 spiro atoms. The summed E-state index contributed by atoms with van der Waals surface area (Å²) < 4.78 is 6.80. The van der Waals surface area contributed by atoms with Crippen LogP contribution in [0.5, 0.6) is 0 Å². The van der Waals surface area contributed by atoms with Gasteiger partial charge in [-0.1, -0.05) is 39.0 Å². The summed E-state index contributed by atoms with van der Waals surface area (Å²) >= 11 is 0. The molecule has 2 amide bonds. The van der Waals surface area contributed by atoms with Crippen LogP contribution in [0.4, 0.5) is 5.82 Å². The van der Waals surface area contributed by atoms with Crippen LogP contribution in [-0.2, 0) is 19.7 Å². The number of para-hydroxylation sites is 1. The average molecular weight is 456 g/mol. The number of nitrogens with one attached hydrogen (secondary N) is 2. The molecule has 3 rings (SSSR count). The van der Waals surface area contributed by atoms with Crippen LogP contribution in [0.1, 0.15) is 45.7 Å². The number of hydrogen-bond acceptors (Lipinski definition) is 5. The van der Waals surface area contributed by atoms with Crippen molar-refractivity contribution in [1.29, 1.82) is 0 Å². The summed E-state index contributed by atoms with van der Waals surface area (Å²) in [5.41, 5.74) is 1.69. The predicted molar refractivity (Wildman–Crippen MR) is 130 cm³/mol. The summed E-state index contributed by atoms with van der Waals surface area (Å²) in [5.74, 6) is 0.717. The third kappa shape index (κ3) is 7.14. The van der Waals surface area contributed by atoms with Gasteiger partial charge < -0.3 is 15.4 Å². The van der Waals surface area contributed by atoms with Gasteiger partial charge in [0.05, 0.1) is 17.9 Å². The van der Waals surface area contributed by atoms with Crippen molar-refractivity contribution >= 4 is 17.6 Å². The number of nitrogens with zero attached hydrogens (tertiary/aromatic N) is 3. The van der Waals surface area contributed by atoms with Crippen LogP contribution in [0.25, 0.3) is 5.69 Å². The number of anilines is 1. The third-order valence-corrected chi connectivity index (χ3v) is 5.90. The van der Waals surface area contributed by atoms with Crippen molar-refractivity contribution in [2.24, 2.45) is 5.92 Å². The molecule has 1 aromatic carbocycles. The number of hydrogen-bond donors (Lipinski definition) is 2. The highest BCUT2D eigenvalue weighted by Crippen LogP contribution is 2.26. The van der Waals surface area contributed by atoms with E-state index in [4.69, 9.17) is 9.84 Å². The van der Waals surface area contributed by atoms with Crippen LogP contribution in [0.3, 0.4) is 0 Å². The zero-order valence-corrected chi connectivity index (χ0v) is 20.3. The van der Waals surface area contributed by atoms with E-state index in [1.54, 1.807) is 11.8 Å². The van der Waals surface area contributed by atoms with E-state index in [0.29, 0.717) is 25.5 Å². The minimum Gasteiger partial charge on any atom is -0.385 e. The first-order valence-corrected chi connectivity index (χ1v) is 11.7. The van der Waals surface area contributed by atoms with Crippen molar-refractivity contribution in [2.75, 3.05) is 45.2 Å². The van der Waals surface area contributed by atoms with Gasteiger partial charge in [0.2, 0.25) is 11.8 Å². The number of likely N-dealkylation sites (tertiary alicyclic amines) is 1. The topological polar surface area (TPSA) is 88.5 Å². The Labute approximate surface area is 196 Å². The average Bonchev–Trinajstić information content (AvgIpc) is 3.22. The van der Waals surface area contributed by atoms with E-state index in [9.17, 15) is 9.59 Å². The van der Waals surface area contributed by atoms with Crippen molar-refractivity contribution < 1.29 is 14.3 Å². The summed E-state index contributed by atoms with van der Waals surface area (Å²) in [6.07, 6.45) is 2.34. The molecule has 1 fully saturated rings. The zero-order chi connectivity index (χ0) is 23.8. The van der Waals surface area contributed by atoms with Gasteiger partial charge in [-0.3, -0.25) is 14.5 Å². The molecular weight excluding hydrogens is 418 g/mol. The molecule has 8 nitrogen and oxygen atoms in total. The van der Waals surface area contributed by atoms with Crippen LogP contribution in [0.2, 0.25) is 0 Å². The first-order valence-electron chi connectivity index (χ1n) is 11.7. The number of benzene rings is 1. The van der Waals surface area contributed by atoms with Crippen molar-refractivity contribution in [3.63, 3.8) is 0 Å². The number of rotatable bonds is 9. The van der Waals surface area contributed by atoms with Gasteiger partial charge in [-0.2, -0.15) is 5.10 Å². The maximum atomic E-state index is 12.9.